The molecule has 29 heavy (non-hydrogen) atoms. The van der Waals surface area contributed by atoms with Crippen molar-refractivity contribution in [2.75, 3.05) is 12.3 Å². The molecule has 0 spiro atoms. The van der Waals surface area contributed by atoms with Crippen molar-refractivity contribution in [1.29, 1.82) is 0 Å². The van der Waals surface area contributed by atoms with Gasteiger partial charge in [-0.25, -0.2) is 13.9 Å². The number of benzene rings is 1. The molecule has 1 aromatic carbocycles. The molecule has 0 radical (unpaired) electrons. The van der Waals surface area contributed by atoms with E-state index >= 15 is 0 Å². The highest BCUT2D eigenvalue weighted by molar-refractivity contribution is 5.93. The fourth-order valence-corrected chi connectivity index (χ4v) is 3.99. The van der Waals surface area contributed by atoms with Crippen molar-refractivity contribution >= 4 is 17.2 Å². The van der Waals surface area contributed by atoms with Gasteiger partial charge in [-0.15, -0.1) is 0 Å². The monoisotopic (exact) mass is 395 g/mol. The highest BCUT2D eigenvalue weighted by Gasteiger charge is 2.25. The molecular weight excluding hydrogens is 369 g/mol. The van der Waals surface area contributed by atoms with E-state index in [4.69, 9.17) is 5.73 Å². The highest BCUT2D eigenvalue weighted by atomic mass is 19.1. The summed E-state index contributed by atoms with van der Waals surface area (Å²) in [4.78, 5) is 19.7. The van der Waals surface area contributed by atoms with Crippen LogP contribution in [-0.4, -0.2) is 38.0 Å². The van der Waals surface area contributed by atoms with Gasteiger partial charge in [-0.3, -0.25) is 4.79 Å². The van der Waals surface area contributed by atoms with Crippen LogP contribution in [0.3, 0.4) is 0 Å². The Kier molecular flexibility index (Phi) is 5.22. The summed E-state index contributed by atoms with van der Waals surface area (Å²) < 4.78 is 16.1. The summed E-state index contributed by atoms with van der Waals surface area (Å²) in [5.41, 5.74) is 8.68. The highest BCUT2D eigenvalue weighted by Crippen LogP contribution is 2.26. The van der Waals surface area contributed by atoms with Crippen molar-refractivity contribution in [3.63, 3.8) is 0 Å². The van der Waals surface area contributed by atoms with Gasteiger partial charge in [0.15, 0.2) is 5.65 Å². The van der Waals surface area contributed by atoms with Crippen LogP contribution in [0.5, 0.6) is 0 Å². The third kappa shape index (κ3) is 3.69. The minimum Gasteiger partial charge on any atom is -0.399 e. The number of rotatable bonds is 3. The quantitative estimate of drug-likeness (QED) is 0.678. The summed E-state index contributed by atoms with van der Waals surface area (Å²) in [6.45, 7) is 4.86. The second kappa shape index (κ2) is 7.81. The first-order valence-corrected chi connectivity index (χ1v) is 10.2. The van der Waals surface area contributed by atoms with E-state index in [9.17, 15) is 9.18 Å². The van der Waals surface area contributed by atoms with E-state index in [-0.39, 0.29) is 11.9 Å². The summed E-state index contributed by atoms with van der Waals surface area (Å²) >= 11 is 0. The predicted octanol–water partition coefficient (Wildman–Crippen LogP) is 4.08. The number of fused-ring (bicyclic) bond motifs is 1. The lowest BCUT2D eigenvalue weighted by atomic mass is 10.1. The molecule has 0 bridgehead atoms. The lowest BCUT2D eigenvalue weighted by molar-refractivity contribution is 0.0692. The molecule has 0 saturated carbocycles. The maximum absolute atomic E-state index is 14.4. The Balaban J connectivity index is 1.76. The van der Waals surface area contributed by atoms with E-state index in [0.717, 1.165) is 37.9 Å². The van der Waals surface area contributed by atoms with Gasteiger partial charge in [-0.1, -0.05) is 19.8 Å². The molecule has 3 heterocycles. The van der Waals surface area contributed by atoms with Crippen LogP contribution in [0.1, 0.15) is 55.7 Å². The molecule has 1 atom stereocenters. The minimum atomic E-state index is -0.429. The number of hydrogen-bond donors (Lipinski definition) is 1. The van der Waals surface area contributed by atoms with Gasteiger partial charge in [0.2, 0.25) is 0 Å². The lowest BCUT2D eigenvalue weighted by Crippen LogP contribution is -2.38. The van der Waals surface area contributed by atoms with Crippen LogP contribution in [0, 0.1) is 5.82 Å². The molecule has 3 aromatic rings. The van der Waals surface area contributed by atoms with Gasteiger partial charge in [-0.05, 0) is 50.5 Å². The average molecular weight is 395 g/mol. The van der Waals surface area contributed by atoms with Crippen LogP contribution >= 0.6 is 0 Å². The molecule has 1 amide bonds. The Bertz CT molecular complexity index is 1060. The molecule has 7 heteroatoms. The second-order valence-electron chi connectivity index (χ2n) is 7.72. The van der Waals surface area contributed by atoms with E-state index in [1.54, 1.807) is 22.7 Å². The number of nitrogens with zero attached hydrogens (tertiary/aromatic N) is 4. The number of halogens is 1. The molecular formula is C22H26FN5O. The molecule has 4 rings (SSSR count). The summed E-state index contributed by atoms with van der Waals surface area (Å²) in [6.07, 6.45) is 5.02. The van der Waals surface area contributed by atoms with Gasteiger partial charge in [0.25, 0.3) is 5.91 Å². The fourth-order valence-electron chi connectivity index (χ4n) is 3.99. The number of amides is 1. The molecule has 152 valence electrons. The number of carbonyl (C=O) groups is 1. The maximum atomic E-state index is 14.4. The second-order valence-corrected chi connectivity index (χ2v) is 7.72. The van der Waals surface area contributed by atoms with Crippen LogP contribution in [0.25, 0.3) is 16.9 Å². The Hall–Kier alpha value is -2.96. The molecule has 2 N–H and O–H groups in total. The summed E-state index contributed by atoms with van der Waals surface area (Å²) in [5.74, 6) is -0.473. The van der Waals surface area contributed by atoms with Crippen molar-refractivity contribution in [2.45, 2.75) is 52.0 Å². The number of aromatic nitrogens is 3. The number of aryl methyl sites for hydroxylation is 1. The molecule has 2 aromatic heterocycles. The summed E-state index contributed by atoms with van der Waals surface area (Å²) in [7, 11) is 0. The number of nitrogen functional groups attached to an aromatic ring is 1. The zero-order valence-corrected chi connectivity index (χ0v) is 16.9. The maximum Gasteiger partial charge on any atom is 0.272 e. The molecule has 1 aliphatic rings. The Labute approximate surface area is 169 Å². The Morgan fingerprint density at radius 2 is 2.07 bits per heavy atom. The predicted molar refractivity (Wildman–Crippen MR) is 111 cm³/mol. The van der Waals surface area contributed by atoms with Gasteiger partial charge >= 0.3 is 0 Å². The zero-order valence-electron chi connectivity index (χ0n) is 16.9. The number of nitrogens with two attached hydrogens (primary N) is 1. The minimum absolute atomic E-state index is 0.0435. The number of anilines is 1. The van der Waals surface area contributed by atoms with Gasteiger partial charge < -0.3 is 10.6 Å². The molecule has 6 nitrogen and oxygen atoms in total. The standard InChI is InChI=1S/C22H26FN5O/c1-3-16-12-20(22(29)27-10-6-4-5-7-14(27)2)25-21-13-19(26-28(16)21)17-9-8-15(24)11-18(17)23/h8-9,11-14H,3-7,10,24H2,1-2H3. The van der Waals surface area contributed by atoms with Crippen molar-refractivity contribution in [3.05, 3.63) is 47.5 Å². The molecule has 1 unspecified atom stereocenters. The average Bonchev–Trinajstić information content (AvgIpc) is 3.01. The Morgan fingerprint density at radius 1 is 1.24 bits per heavy atom. The van der Waals surface area contributed by atoms with Gasteiger partial charge in [0.1, 0.15) is 11.5 Å². The topological polar surface area (TPSA) is 76.5 Å². The third-order valence-electron chi connectivity index (χ3n) is 5.67. The first-order chi connectivity index (χ1) is 14.0. The number of carbonyl (C=O) groups excluding carboxylic acids is 1. The first kappa shape index (κ1) is 19.4. The van der Waals surface area contributed by atoms with Crippen molar-refractivity contribution in [1.82, 2.24) is 19.5 Å². The van der Waals surface area contributed by atoms with E-state index in [1.807, 2.05) is 17.9 Å². The van der Waals surface area contributed by atoms with E-state index in [1.165, 1.54) is 6.07 Å². The SMILES string of the molecule is CCc1cc(C(=O)N2CCCCCC2C)nc2cc(-c3ccc(N)cc3F)nn12. The van der Waals surface area contributed by atoms with Gasteiger partial charge in [-0.2, -0.15) is 5.10 Å². The van der Waals surface area contributed by atoms with Gasteiger partial charge in [0.05, 0.1) is 5.69 Å². The molecule has 1 saturated heterocycles. The summed E-state index contributed by atoms with van der Waals surface area (Å²) in [6, 6.07) is 8.27. The number of hydrogen-bond acceptors (Lipinski definition) is 4. The van der Waals surface area contributed by atoms with Crippen LogP contribution in [0.4, 0.5) is 10.1 Å². The Morgan fingerprint density at radius 3 is 2.83 bits per heavy atom. The van der Waals surface area contributed by atoms with Crippen LogP contribution in [0.15, 0.2) is 30.3 Å². The zero-order chi connectivity index (χ0) is 20.5. The van der Waals surface area contributed by atoms with Crippen molar-refractivity contribution < 1.29 is 9.18 Å². The number of likely N-dealkylation sites (tertiary alicyclic amines) is 1. The van der Waals surface area contributed by atoms with E-state index < -0.39 is 5.82 Å². The van der Waals surface area contributed by atoms with E-state index in [0.29, 0.717) is 34.7 Å². The largest absolute Gasteiger partial charge is 0.399 e. The smallest absolute Gasteiger partial charge is 0.272 e. The third-order valence-corrected chi connectivity index (χ3v) is 5.67. The van der Waals surface area contributed by atoms with Crippen LogP contribution in [0.2, 0.25) is 0 Å². The van der Waals surface area contributed by atoms with Crippen molar-refractivity contribution in [2.24, 2.45) is 0 Å². The van der Waals surface area contributed by atoms with Gasteiger partial charge in [0, 0.05) is 35.6 Å². The first-order valence-electron chi connectivity index (χ1n) is 10.2. The summed E-state index contributed by atoms with van der Waals surface area (Å²) in [5, 5.41) is 4.54. The lowest BCUT2D eigenvalue weighted by Gasteiger charge is -2.27. The molecule has 1 fully saturated rings. The molecule has 0 aliphatic carbocycles. The van der Waals surface area contributed by atoms with Crippen LogP contribution in [-0.2, 0) is 6.42 Å². The fraction of sp³-hybridized carbons (Fsp3) is 0.409. The van der Waals surface area contributed by atoms with Crippen LogP contribution < -0.4 is 5.73 Å². The normalized spacial score (nSPS) is 17.5. The molecule has 1 aliphatic heterocycles. The van der Waals surface area contributed by atoms with Crippen molar-refractivity contribution in [3.8, 4) is 11.3 Å². The van der Waals surface area contributed by atoms with E-state index in [2.05, 4.69) is 17.0 Å².